The van der Waals surface area contributed by atoms with E-state index in [1.54, 1.807) is 0 Å². The Morgan fingerprint density at radius 3 is 2.23 bits per heavy atom. The highest BCUT2D eigenvalue weighted by Gasteiger charge is 2.36. The maximum absolute atomic E-state index is 13.4. The van der Waals surface area contributed by atoms with Crippen molar-refractivity contribution in [3.63, 3.8) is 0 Å². The lowest BCUT2D eigenvalue weighted by molar-refractivity contribution is -0.152. The molecule has 4 nitrogen and oxygen atoms in total. The number of halogens is 5. The molecule has 0 saturated carbocycles. The summed E-state index contributed by atoms with van der Waals surface area (Å²) in [5.41, 5.74) is 4.25. The van der Waals surface area contributed by atoms with Gasteiger partial charge in [0.1, 0.15) is 11.6 Å². The molecule has 3 aliphatic heterocycles. The second-order valence-electron chi connectivity index (χ2n) is 11.8. The van der Waals surface area contributed by atoms with Crippen molar-refractivity contribution in [2.24, 2.45) is 5.41 Å². The van der Waals surface area contributed by atoms with Gasteiger partial charge in [-0.05, 0) is 94.1 Å². The number of benzene rings is 2. The van der Waals surface area contributed by atoms with Crippen LogP contribution in [-0.4, -0.2) is 54.8 Å². The molecule has 2 aromatic carbocycles. The number of nitrogens with zero attached hydrogens (tertiary/aromatic N) is 2. The van der Waals surface area contributed by atoms with Crippen LogP contribution in [0.1, 0.15) is 56.7 Å². The number of rotatable bonds is 2. The molecule has 1 aromatic heterocycles. The third kappa shape index (κ3) is 6.97. The quantitative estimate of drug-likeness (QED) is 0.325. The second-order valence-corrected chi connectivity index (χ2v) is 11.8. The van der Waals surface area contributed by atoms with E-state index in [0.717, 1.165) is 61.7 Å². The van der Waals surface area contributed by atoms with Gasteiger partial charge in [-0.1, -0.05) is 18.2 Å². The molecule has 0 bridgehead atoms. The zero-order valence-corrected chi connectivity index (χ0v) is 23.1. The summed E-state index contributed by atoms with van der Waals surface area (Å²) in [6, 6.07) is 11.6. The first-order valence-corrected chi connectivity index (χ1v) is 14.4. The lowest BCUT2D eigenvalue weighted by Crippen LogP contribution is -2.43. The monoisotopic (exact) mass is 562 g/mol. The van der Waals surface area contributed by atoms with Crippen LogP contribution in [0.25, 0.3) is 10.9 Å². The minimum atomic E-state index is -4.14. The molecule has 2 fully saturated rings. The number of hydrogen-bond donors (Lipinski definition) is 2. The maximum atomic E-state index is 13.4. The summed E-state index contributed by atoms with van der Waals surface area (Å²) < 4.78 is 64.3. The molecule has 40 heavy (non-hydrogen) atoms. The van der Waals surface area contributed by atoms with Crippen LogP contribution in [0.2, 0.25) is 0 Å². The van der Waals surface area contributed by atoms with Gasteiger partial charge >= 0.3 is 6.18 Å². The maximum Gasteiger partial charge on any atom is 0.401 e. The van der Waals surface area contributed by atoms with Gasteiger partial charge in [0.05, 0.1) is 6.54 Å². The van der Waals surface area contributed by atoms with E-state index in [9.17, 15) is 22.0 Å². The Labute approximate surface area is 232 Å². The molecular weight excluding hydrogens is 523 g/mol. The molecule has 0 amide bonds. The van der Waals surface area contributed by atoms with Gasteiger partial charge in [-0.3, -0.25) is 4.90 Å². The molecule has 1 unspecified atom stereocenters. The van der Waals surface area contributed by atoms with E-state index in [0.29, 0.717) is 24.1 Å². The average molecular weight is 563 g/mol. The van der Waals surface area contributed by atoms with Crippen molar-refractivity contribution >= 4 is 16.6 Å². The minimum absolute atomic E-state index is 0.0895. The van der Waals surface area contributed by atoms with Gasteiger partial charge in [0.25, 0.3) is 0 Å². The van der Waals surface area contributed by atoms with Gasteiger partial charge in [-0.25, -0.2) is 8.78 Å². The summed E-state index contributed by atoms with van der Waals surface area (Å²) in [5, 5.41) is 4.60. The third-order valence-corrected chi connectivity index (χ3v) is 8.93. The number of anilines is 1. The number of hydrogen-bond acceptors (Lipinski definition) is 3. The van der Waals surface area contributed by atoms with Crippen molar-refractivity contribution in [1.82, 2.24) is 15.2 Å². The van der Waals surface area contributed by atoms with Gasteiger partial charge in [0, 0.05) is 54.0 Å². The van der Waals surface area contributed by atoms with Crippen LogP contribution in [0.15, 0.2) is 42.5 Å². The second kappa shape index (κ2) is 12.1. The van der Waals surface area contributed by atoms with Crippen LogP contribution in [0.5, 0.6) is 0 Å². The zero-order chi connectivity index (χ0) is 28.3. The molecule has 3 aliphatic rings. The van der Waals surface area contributed by atoms with E-state index in [2.05, 4.69) is 15.2 Å². The highest BCUT2D eigenvalue weighted by Crippen LogP contribution is 2.42. The Bertz CT molecular complexity index is 1250. The van der Waals surface area contributed by atoms with E-state index >= 15 is 0 Å². The van der Waals surface area contributed by atoms with E-state index in [-0.39, 0.29) is 6.04 Å². The molecule has 1 spiro atoms. The average Bonchev–Trinajstić information content (AvgIpc) is 3.23. The standard InChI is InChI=1S/C17H24F2N2.C14H15F3N2/c18-14-11-15(19)13-16(12-14)21-9-5-17(6-10-21)3-1-7-20-8-2-4-17;1-9-6-11-10-4-2-3-5-12(10)18-13(11)7-19(9)8-14(15,16)17/h11-13,20H,1-10H2;2-5,9,18H,6-8H2,1H3. The number of aromatic amines is 1. The Hall–Kier alpha value is -2.65. The normalized spacial score (nSPS) is 21.9. The first-order chi connectivity index (χ1) is 19.1. The molecule has 6 rings (SSSR count). The predicted octanol–water partition coefficient (Wildman–Crippen LogP) is 7.19. The van der Waals surface area contributed by atoms with Crippen molar-refractivity contribution in [2.75, 3.05) is 37.6 Å². The predicted molar refractivity (Wildman–Crippen MR) is 150 cm³/mol. The van der Waals surface area contributed by atoms with E-state index < -0.39 is 24.4 Å². The molecule has 4 heterocycles. The molecule has 2 N–H and O–H groups in total. The lowest BCUT2D eigenvalue weighted by atomic mass is 9.71. The van der Waals surface area contributed by atoms with Crippen LogP contribution in [0.4, 0.5) is 27.6 Å². The highest BCUT2D eigenvalue weighted by molar-refractivity contribution is 5.84. The van der Waals surface area contributed by atoms with E-state index in [4.69, 9.17) is 0 Å². The third-order valence-electron chi connectivity index (χ3n) is 8.93. The summed E-state index contributed by atoms with van der Waals surface area (Å²) in [7, 11) is 0. The van der Waals surface area contributed by atoms with Crippen LogP contribution >= 0.6 is 0 Å². The Morgan fingerprint density at radius 1 is 0.925 bits per heavy atom. The van der Waals surface area contributed by atoms with Crippen LogP contribution in [0, 0.1) is 17.0 Å². The summed E-state index contributed by atoms with van der Waals surface area (Å²) in [6.45, 7) is 5.43. The largest absolute Gasteiger partial charge is 0.401 e. The summed E-state index contributed by atoms with van der Waals surface area (Å²) in [5.74, 6) is -0.968. The number of alkyl halides is 3. The number of para-hydroxylation sites is 1. The number of nitrogens with one attached hydrogen (secondary N) is 2. The summed E-state index contributed by atoms with van der Waals surface area (Å²) >= 11 is 0. The minimum Gasteiger partial charge on any atom is -0.371 e. The molecule has 1 atom stereocenters. The van der Waals surface area contributed by atoms with Gasteiger partial charge in [0.15, 0.2) is 0 Å². The van der Waals surface area contributed by atoms with Crippen LogP contribution < -0.4 is 10.2 Å². The van der Waals surface area contributed by atoms with Crippen molar-refractivity contribution in [1.29, 1.82) is 0 Å². The van der Waals surface area contributed by atoms with Crippen LogP contribution in [-0.2, 0) is 13.0 Å². The summed E-state index contributed by atoms with van der Waals surface area (Å²) in [6.07, 6.45) is 3.86. The fraction of sp³-hybridized carbons (Fsp3) is 0.548. The molecule has 0 radical (unpaired) electrons. The molecule has 9 heteroatoms. The lowest BCUT2D eigenvalue weighted by Gasteiger charge is -2.44. The Morgan fingerprint density at radius 2 is 1.57 bits per heavy atom. The van der Waals surface area contributed by atoms with Gasteiger partial charge in [0.2, 0.25) is 0 Å². The number of fused-ring (bicyclic) bond motifs is 3. The molecule has 3 aromatic rings. The Balaban J connectivity index is 0.000000162. The van der Waals surface area contributed by atoms with Crippen molar-refractivity contribution in [3.05, 3.63) is 65.4 Å². The van der Waals surface area contributed by atoms with Gasteiger partial charge < -0.3 is 15.2 Å². The fourth-order valence-electron chi connectivity index (χ4n) is 6.74. The van der Waals surface area contributed by atoms with E-state index in [1.807, 2.05) is 31.2 Å². The SMILES string of the molecule is CC1Cc2c([nH]c3ccccc23)CN1CC(F)(F)F.Fc1cc(F)cc(N2CCC3(CCCNCCC3)CC2)c1. The fourth-order valence-corrected chi connectivity index (χ4v) is 6.74. The van der Waals surface area contributed by atoms with Gasteiger partial charge in [-0.2, -0.15) is 13.2 Å². The molecular formula is C31H39F5N4. The summed E-state index contributed by atoms with van der Waals surface area (Å²) in [4.78, 5) is 6.86. The van der Waals surface area contributed by atoms with Crippen molar-refractivity contribution in [2.45, 2.75) is 70.6 Å². The van der Waals surface area contributed by atoms with Crippen molar-refractivity contribution < 1.29 is 22.0 Å². The number of piperidine rings is 1. The highest BCUT2D eigenvalue weighted by atomic mass is 19.4. The topological polar surface area (TPSA) is 34.3 Å². The molecule has 0 aliphatic carbocycles. The molecule has 2 saturated heterocycles. The first-order valence-electron chi connectivity index (χ1n) is 14.4. The van der Waals surface area contributed by atoms with Gasteiger partial charge in [-0.15, -0.1) is 0 Å². The molecule has 218 valence electrons. The number of H-pyrrole nitrogens is 1. The number of aromatic nitrogens is 1. The van der Waals surface area contributed by atoms with E-state index in [1.165, 1.54) is 48.3 Å². The Kier molecular flexibility index (Phi) is 8.71. The van der Waals surface area contributed by atoms with Crippen LogP contribution in [0.3, 0.4) is 0 Å². The smallest absolute Gasteiger partial charge is 0.371 e. The first kappa shape index (κ1) is 28.9. The zero-order valence-electron chi connectivity index (χ0n) is 23.1. The van der Waals surface area contributed by atoms with Crippen molar-refractivity contribution in [3.8, 4) is 0 Å².